The maximum Gasteiger partial charge on any atom is 0.241 e. The summed E-state index contributed by atoms with van der Waals surface area (Å²) in [5.74, 6) is 0.374. The van der Waals surface area contributed by atoms with Gasteiger partial charge in [0.15, 0.2) is 0 Å². The highest BCUT2D eigenvalue weighted by Crippen LogP contribution is 1.94. The fraction of sp³-hybridized carbons (Fsp3) is 0.400. The van der Waals surface area contributed by atoms with Crippen LogP contribution in [0.15, 0.2) is 24.4 Å². The Balaban J connectivity index is 2.24. The molecule has 82 valence electrons. The van der Waals surface area contributed by atoms with Gasteiger partial charge in [-0.3, -0.25) is 9.48 Å². The van der Waals surface area contributed by atoms with Crippen molar-refractivity contribution in [1.82, 2.24) is 15.1 Å². The number of amides is 1. The van der Waals surface area contributed by atoms with E-state index in [4.69, 9.17) is 5.73 Å². The van der Waals surface area contributed by atoms with Crippen LogP contribution in [-0.4, -0.2) is 22.2 Å². The molecular formula is C10H16N4O. The summed E-state index contributed by atoms with van der Waals surface area (Å²) in [7, 11) is 0. The summed E-state index contributed by atoms with van der Waals surface area (Å²) in [6.45, 7) is 2.82. The molecular weight excluding hydrogens is 192 g/mol. The quantitative estimate of drug-likeness (QED) is 0.548. The van der Waals surface area contributed by atoms with E-state index in [0.29, 0.717) is 12.4 Å². The van der Waals surface area contributed by atoms with Crippen LogP contribution in [0.4, 0.5) is 5.82 Å². The van der Waals surface area contributed by atoms with E-state index in [0.717, 1.165) is 6.42 Å². The summed E-state index contributed by atoms with van der Waals surface area (Å²) >= 11 is 0. The molecule has 0 saturated heterocycles. The SMILES string of the molecule is C/C=C/CCNC(=O)Cn1ccc(N)n1. The monoisotopic (exact) mass is 208 g/mol. The third kappa shape index (κ3) is 4.30. The highest BCUT2D eigenvalue weighted by Gasteiger charge is 2.01. The van der Waals surface area contributed by atoms with Crippen molar-refractivity contribution in [3.05, 3.63) is 24.4 Å². The molecule has 0 fully saturated rings. The molecule has 0 saturated carbocycles. The standard InChI is InChI=1S/C10H16N4O/c1-2-3-4-6-12-10(15)8-14-7-5-9(11)13-14/h2-3,5,7H,4,6,8H2,1H3,(H2,11,13)(H,12,15)/b3-2+. The van der Waals surface area contributed by atoms with Crippen LogP contribution < -0.4 is 11.1 Å². The van der Waals surface area contributed by atoms with Crippen LogP contribution >= 0.6 is 0 Å². The molecule has 1 heterocycles. The van der Waals surface area contributed by atoms with Gasteiger partial charge >= 0.3 is 0 Å². The zero-order valence-electron chi connectivity index (χ0n) is 8.81. The van der Waals surface area contributed by atoms with Gasteiger partial charge in [-0.15, -0.1) is 0 Å². The average Bonchev–Trinajstić information content (AvgIpc) is 2.59. The molecule has 0 aliphatic rings. The predicted molar refractivity (Wildman–Crippen MR) is 59.1 cm³/mol. The zero-order chi connectivity index (χ0) is 11.1. The third-order valence-electron chi connectivity index (χ3n) is 1.84. The zero-order valence-corrected chi connectivity index (χ0v) is 8.81. The number of hydrogen-bond acceptors (Lipinski definition) is 3. The van der Waals surface area contributed by atoms with Gasteiger partial charge in [-0.1, -0.05) is 12.2 Å². The molecule has 0 aromatic carbocycles. The lowest BCUT2D eigenvalue weighted by molar-refractivity contribution is -0.121. The van der Waals surface area contributed by atoms with E-state index in [-0.39, 0.29) is 12.5 Å². The van der Waals surface area contributed by atoms with Gasteiger partial charge in [-0.25, -0.2) is 0 Å². The van der Waals surface area contributed by atoms with Crippen molar-refractivity contribution in [2.45, 2.75) is 19.9 Å². The molecule has 5 heteroatoms. The van der Waals surface area contributed by atoms with E-state index < -0.39 is 0 Å². The summed E-state index contributed by atoms with van der Waals surface area (Å²) in [4.78, 5) is 11.3. The number of allylic oxidation sites excluding steroid dienone is 1. The minimum atomic E-state index is -0.0531. The van der Waals surface area contributed by atoms with Crippen LogP contribution in [0.5, 0.6) is 0 Å². The van der Waals surface area contributed by atoms with Crippen LogP contribution in [0.1, 0.15) is 13.3 Å². The number of carbonyl (C=O) groups excluding carboxylic acids is 1. The summed E-state index contributed by atoms with van der Waals surface area (Å²) in [5.41, 5.74) is 5.42. The van der Waals surface area contributed by atoms with Gasteiger partial charge in [0.2, 0.25) is 5.91 Å². The van der Waals surface area contributed by atoms with Crippen molar-refractivity contribution in [2.75, 3.05) is 12.3 Å². The first-order valence-corrected chi connectivity index (χ1v) is 4.89. The molecule has 5 nitrogen and oxygen atoms in total. The Morgan fingerprint density at radius 2 is 2.53 bits per heavy atom. The van der Waals surface area contributed by atoms with Gasteiger partial charge < -0.3 is 11.1 Å². The summed E-state index contributed by atoms with van der Waals surface area (Å²) in [5, 5.41) is 6.70. The minimum absolute atomic E-state index is 0.0531. The molecule has 0 aliphatic heterocycles. The number of aromatic nitrogens is 2. The number of nitrogens with two attached hydrogens (primary N) is 1. The largest absolute Gasteiger partial charge is 0.382 e. The van der Waals surface area contributed by atoms with Crippen LogP contribution in [0.25, 0.3) is 0 Å². The molecule has 0 atom stereocenters. The second-order valence-corrected chi connectivity index (χ2v) is 3.15. The van der Waals surface area contributed by atoms with E-state index in [1.807, 2.05) is 19.1 Å². The van der Waals surface area contributed by atoms with Crippen LogP contribution in [-0.2, 0) is 11.3 Å². The Labute approximate surface area is 89.0 Å². The van der Waals surface area contributed by atoms with E-state index in [1.165, 1.54) is 4.68 Å². The molecule has 0 unspecified atom stereocenters. The molecule has 15 heavy (non-hydrogen) atoms. The van der Waals surface area contributed by atoms with Gasteiger partial charge in [0.25, 0.3) is 0 Å². The number of carbonyl (C=O) groups is 1. The molecule has 0 spiro atoms. The maximum atomic E-state index is 11.3. The van der Waals surface area contributed by atoms with E-state index >= 15 is 0 Å². The Kier molecular flexibility index (Phi) is 4.40. The van der Waals surface area contributed by atoms with Crippen LogP contribution in [0, 0.1) is 0 Å². The van der Waals surface area contributed by atoms with Crippen molar-refractivity contribution in [2.24, 2.45) is 0 Å². The lowest BCUT2D eigenvalue weighted by Gasteiger charge is -2.03. The van der Waals surface area contributed by atoms with Gasteiger partial charge in [0.05, 0.1) is 0 Å². The second-order valence-electron chi connectivity index (χ2n) is 3.15. The van der Waals surface area contributed by atoms with Crippen molar-refractivity contribution >= 4 is 11.7 Å². The van der Waals surface area contributed by atoms with Gasteiger partial charge in [0.1, 0.15) is 12.4 Å². The maximum absolute atomic E-state index is 11.3. The van der Waals surface area contributed by atoms with Crippen LogP contribution in [0.3, 0.4) is 0 Å². The number of anilines is 1. The number of nitrogens with one attached hydrogen (secondary N) is 1. The third-order valence-corrected chi connectivity index (χ3v) is 1.84. The van der Waals surface area contributed by atoms with Gasteiger partial charge in [-0.2, -0.15) is 5.10 Å². The van der Waals surface area contributed by atoms with E-state index in [2.05, 4.69) is 10.4 Å². The molecule has 1 aromatic heterocycles. The molecule has 3 N–H and O–H groups in total. The minimum Gasteiger partial charge on any atom is -0.382 e. The first-order chi connectivity index (χ1) is 7.22. The smallest absolute Gasteiger partial charge is 0.241 e. The fourth-order valence-corrected chi connectivity index (χ4v) is 1.13. The lowest BCUT2D eigenvalue weighted by Crippen LogP contribution is -2.28. The van der Waals surface area contributed by atoms with Crippen molar-refractivity contribution < 1.29 is 4.79 Å². The Morgan fingerprint density at radius 1 is 1.73 bits per heavy atom. The highest BCUT2D eigenvalue weighted by atomic mass is 16.2. The number of hydrogen-bond donors (Lipinski definition) is 2. The lowest BCUT2D eigenvalue weighted by atomic mass is 10.4. The summed E-state index contributed by atoms with van der Waals surface area (Å²) < 4.78 is 1.51. The molecule has 1 rings (SSSR count). The molecule has 1 amide bonds. The number of nitrogen functional groups attached to an aromatic ring is 1. The molecule has 0 radical (unpaired) electrons. The van der Waals surface area contributed by atoms with Crippen molar-refractivity contribution in [3.63, 3.8) is 0 Å². The average molecular weight is 208 g/mol. The second kappa shape index (κ2) is 5.85. The summed E-state index contributed by atoms with van der Waals surface area (Å²) in [6, 6.07) is 1.66. The molecule has 0 aliphatic carbocycles. The molecule has 0 bridgehead atoms. The Morgan fingerprint density at radius 3 is 3.13 bits per heavy atom. The normalized spacial score (nSPS) is 10.7. The topological polar surface area (TPSA) is 72.9 Å². The van der Waals surface area contributed by atoms with Gasteiger partial charge in [0, 0.05) is 12.7 Å². The van der Waals surface area contributed by atoms with Crippen molar-refractivity contribution in [3.8, 4) is 0 Å². The Bertz CT molecular complexity index is 343. The van der Waals surface area contributed by atoms with Crippen molar-refractivity contribution in [1.29, 1.82) is 0 Å². The summed E-state index contributed by atoms with van der Waals surface area (Å²) in [6.07, 6.45) is 6.50. The van der Waals surface area contributed by atoms with E-state index in [1.54, 1.807) is 12.3 Å². The number of nitrogens with zero attached hydrogens (tertiary/aromatic N) is 2. The fourth-order valence-electron chi connectivity index (χ4n) is 1.13. The number of rotatable bonds is 5. The first-order valence-electron chi connectivity index (χ1n) is 4.89. The highest BCUT2D eigenvalue weighted by molar-refractivity contribution is 5.75. The predicted octanol–water partition coefficient (Wildman–Crippen LogP) is 0.548. The Hall–Kier alpha value is -1.78. The van der Waals surface area contributed by atoms with Gasteiger partial charge in [-0.05, 0) is 19.4 Å². The first kappa shape index (κ1) is 11.3. The van der Waals surface area contributed by atoms with Crippen LogP contribution in [0.2, 0.25) is 0 Å². The molecule has 1 aromatic rings. The van der Waals surface area contributed by atoms with E-state index in [9.17, 15) is 4.79 Å².